The normalized spacial score (nSPS) is 11.2. The molecule has 12 rings (SSSR count). The minimum Gasteiger partial charge on any atom is -0.311 e. The molecule has 0 saturated heterocycles. The van der Waals surface area contributed by atoms with Crippen molar-refractivity contribution in [3.63, 3.8) is 0 Å². The van der Waals surface area contributed by atoms with Crippen molar-refractivity contribution in [2.45, 2.75) is 6.92 Å². The largest absolute Gasteiger partial charge is 0.311 e. The van der Waals surface area contributed by atoms with Crippen molar-refractivity contribution in [2.24, 2.45) is 0 Å². The molecule has 0 radical (unpaired) electrons. The first-order valence-electron chi connectivity index (χ1n) is 21.1. The van der Waals surface area contributed by atoms with Crippen LogP contribution in [0.3, 0.4) is 0 Å². The van der Waals surface area contributed by atoms with E-state index in [1.807, 2.05) is 19.3 Å². The van der Waals surface area contributed by atoms with Gasteiger partial charge in [0.25, 0.3) is 0 Å². The van der Waals surface area contributed by atoms with Crippen molar-refractivity contribution in [2.75, 3.05) is 4.90 Å². The fraction of sp³-hybridized carbons (Fsp3) is 0.0167. The van der Waals surface area contributed by atoms with Crippen molar-refractivity contribution in [3.05, 3.63) is 232 Å². The molecule has 0 fully saturated rings. The number of allylic oxidation sites excluding steroid dienone is 1. The highest BCUT2D eigenvalue weighted by Gasteiger charge is 2.24. The molecule has 10 aromatic rings. The summed E-state index contributed by atoms with van der Waals surface area (Å²) >= 11 is 0. The van der Waals surface area contributed by atoms with Gasteiger partial charge in [-0.05, 0) is 155 Å². The van der Waals surface area contributed by atoms with E-state index in [2.05, 4.69) is 224 Å². The first-order valence-corrected chi connectivity index (χ1v) is 21.1. The molecular formula is C60H44N2. The number of aromatic nitrogens is 1. The number of hydrogen-bond acceptors (Lipinski definition) is 2. The third-order valence-electron chi connectivity index (χ3n) is 12.1. The van der Waals surface area contributed by atoms with Gasteiger partial charge < -0.3 is 4.90 Å². The first kappa shape index (κ1) is 38.2. The van der Waals surface area contributed by atoms with Crippen LogP contribution in [0.1, 0.15) is 6.92 Å². The highest BCUT2D eigenvalue weighted by atomic mass is 15.1. The van der Waals surface area contributed by atoms with Gasteiger partial charge in [-0.1, -0.05) is 152 Å². The summed E-state index contributed by atoms with van der Waals surface area (Å²) in [5.74, 6) is 0. The summed E-state index contributed by atoms with van der Waals surface area (Å²) in [7, 11) is 0. The standard InChI is InChI=1S/C55H34N2.C3H6.C2H4/c1-3-9-46-44(7-1)50-13-5-11-48-42(27-29-52(46)54(48)50)37-17-23-40(24-18-37)57(39-21-15-35(16-22-39)36-31-33-56-34-32-36)41-25-19-38(20-26-41)43-28-30-53-47-10-4-2-8-45(47)51-14-6-12-49(43)55(51)53;1-3-2;1-2/h1-34H;3H,1H2,2H3;1-2H2. The van der Waals surface area contributed by atoms with Crippen molar-refractivity contribution in [1.29, 1.82) is 0 Å². The van der Waals surface area contributed by atoms with Crippen LogP contribution in [0.25, 0.3) is 99.4 Å². The maximum atomic E-state index is 4.22. The number of fused-ring (bicyclic) bond motifs is 6. The molecule has 9 aromatic carbocycles. The summed E-state index contributed by atoms with van der Waals surface area (Å²) in [6.45, 7) is 11.2. The molecule has 0 spiro atoms. The van der Waals surface area contributed by atoms with Crippen LogP contribution in [0.5, 0.6) is 0 Å². The second-order valence-electron chi connectivity index (χ2n) is 15.5. The summed E-state index contributed by atoms with van der Waals surface area (Å²) in [6.07, 6.45) is 5.45. The van der Waals surface area contributed by atoms with Crippen LogP contribution in [0.4, 0.5) is 17.1 Å². The van der Waals surface area contributed by atoms with Gasteiger partial charge in [0.2, 0.25) is 0 Å². The van der Waals surface area contributed by atoms with Gasteiger partial charge in [0.1, 0.15) is 0 Å². The number of nitrogens with zero attached hydrogens (tertiary/aromatic N) is 2. The first-order chi connectivity index (χ1) is 30.7. The van der Waals surface area contributed by atoms with Crippen LogP contribution in [0.15, 0.2) is 232 Å². The molecule has 0 saturated carbocycles. The van der Waals surface area contributed by atoms with Crippen molar-refractivity contribution < 1.29 is 0 Å². The average molecular weight is 793 g/mol. The van der Waals surface area contributed by atoms with E-state index in [0.29, 0.717) is 0 Å². The van der Waals surface area contributed by atoms with Gasteiger partial charge in [0, 0.05) is 29.5 Å². The van der Waals surface area contributed by atoms with Gasteiger partial charge in [0.15, 0.2) is 0 Å². The summed E-state index contributed by atoms with van der Waals surface area (Å²) in [5, 5.41) is 5.28. The highest BCUT2D eigenvalue weighted by Crippen LogP contribution is 2.51. The van der Waals surface area contributed by atoms with Crippen LogP contribution in [-0.2, 0) is 0 Å². The van der Waals surface area contributed by atoms with Gasteiger partial charge in [-0.3, -0.25) is 4.98 Å². The Labute approximate surface area is 364 Å². The number of hydrogen-bond donors (Lipinski definition) is 0. The van der Waals surface area contributed by atoms with Gasteiger partial charge in [-0.2, -0.15) is 0 Å². The quantitative estimate of drug-likeness (QED) is 0.156. The van der Waals surface area contributed by atoms with E-state index in [1.54, 1.807) is 6.08 Å². The lowest BCUT2D eigenvalue weighted by molar-refractivity contribution is 1.28. The molecule has 2 nitrogen and oxygen atoms in total. The molecule has 294 valence electrons. The van der Waals surface area contributed by atoms with E-state index in [0.717, 1.165) is 28.2 Å². The molecule has 2 heteroatoms. The molecule has 2 aliphatic rings. The molecule has 0 bridgehead atoms. The molecule has 0 N–H and O–H groups in total. The molecule has 1 aromatic heterocycles. The topological polar surface area (TPSA) is 16.1 Å². The van der Waals surface area contributed by atoms with Gasteiger partial charge in [-0.25, -0.2) is 0 Å². The van der Waals surface area contributed by atoms with Gasteiger partial charge >= 0.3 is 0 Å². The van der Waals surface area contributed by atoms with Crippen molar-refractivity contribution in [3.8, 4) is 77.9 Å². The number of benzene rings is 9. The lowest BCUT2D eigenvalue weighted by atomic mass is 9.94. The van der Waals surface area contributed by atoms with Crippen LogP contribution in [-0.4, -0.2) is 4.98 Å². The molecular weight excluding hydrogens is 749 g/mol. The Balaban J connectivity index is 0.000000881. The Bertz CT molecular complexity index is 3030. The van der Waals surface area contributed by atoms with Gasteiger partial charge in [0.05, 0.1) is 0 Å². The smallest absolute Gasteiger partial charge is 0.0462 e. The molecule has 0 amide bonds. The number of anilines is 3. The maximum Gasteiger partial charge on any atom is 0.0462 e. The Morgan fingerprint density at radius 3 is 1.03 bits per heavy atom. The molecule has 0 atom stereocenters. The zero-order valence-electron chi connectivity index (χ0n) is 34.7. The molecule has 62 heavy (non-hydrogen) atoms. The Morgan fingerprint density at radius 2 is 0.645 bits per heavy atom. The lowest BCUT2D eigenvalue weighted by Crippen LogP contribution is -2.09. The highest BCUT2D eigenvalue weighted by molar-refractivity contribution is 6.20. The number of pyridine rings is 1. The Kier molecular flexibility index (Phi) is 9.96. The zero-order valence-corrected chi connectivity index (χ0v) is 34.7. The molecule has 2 aliphatic carbocycles. The third kappa shape index (κ3) is 6.33. The predicted molar refractivity (Wildman–Crippen MR) is 266 cm³/mol. The summed E-state index contributed by atoms with van der Waals surface area (Å²) in [4.78, 5) is 6.58. The number of rotatable bonds is 6. The minimum atomic E-state index is 1.10. The SMILES string of the molecule is C=C.C=CC.c1ccc2c(c1)-c1cccc3c(-c4ccc(N(c5ccc(-c6ccncc6)cc5)c5ccc(-c6ccc7c8c(cccc68)-c6ccccc6-7)cc5)cc4)ccc-2c13. The second kappa shape index (κ2) is 16.2. The van der Waals surface area contributed by atoms with Crippen LogP contribution in [0, 0.1) is 0 Å². The lowest BCUT2D eigenvalue weighted by Gasteiger charge is -2.26. The Hall–Kier alpha value is -8.07. The summed E-state index contributed by atoms with van der Waals surface area (Å²) < 4.78 is 0. The van der Waals surface area contributed by atoms with Gasteiger partial charge in [-0.15, -0.1) is 19.7 Å². The van der Waals surface area contributed by atoms with E-state index in [9.17, 15) is 0 Å². The minimum absolute atomic E-state index is 1.10. The van der Waals surface area contributed by atoms with Crippen LogP contribution >= 0.6 is 0 Å². The van der Waals surface area contributed by atoms with E-state index in [4.69, 9.17) is 0 Å². The monoisotopic (exact) mass is 792 g/mol. The van der Waals surface area contributed by atoms with Crippen LogP contribution < -0.4 is 4.90 Å². The zero-order chi connectivity index (χ0) is 42.2. The summed E-state index contributed by atoms with van der Waals surface area (Å²) in [6, 6.07) is 71.3. The van der Waals surface area contributed by atoms with E-state index >= 15 is 0 Å². The van der Waals surface area contributed by atoms with Crippen LogP contribution in [0.2, 0.25) is 0 Å². The van der Waals surface area contributed by atoms with Crippen molar-refractivity contribution in [1.82, 2.24) is 4.98 Å². The molecule has 0 unspecified atom stereocenters. The van der Waals surface area contributed by atoms with E-state index in [1.165, 1.54) is 88.3 Å². The average Bonchev–Trinajstić information content (AvgIpc) is 3.85. The fourth-order valence-electron chi connectivity index (χ4n) is 9.50. The predicted octanol–water partition coefficient (Wildman–Crippen LogP) is 17.1. The van der Waals surface area contributed by atoms with E-state index < -0.39 is 0 Å². The van der Waals surface area contributed by atoms with Crippen molar-refractivity contribution >= 4 is 38.6 Å². The maximum absolute atomic E-state index is 4.22. The Morgan fingerprint density at radius 1 is 0.339 bits per heavy atom. The molecule has 0 aliphatic heterocycles. The van der Waals surface area contributed by atoms with E-state index in [-0.39, 0.29) is 0 Å². The summed E-state index contributed by atoms with van der Waals surface area (Å²) in [5.41, 5.74) is 21.1. The fourth-order valence-corrected chi connectivity index (χ4v) is 9.50. The molecule has 1 heterocycles. The third-order valence-corrected chi connectivity index (χ3v) is 12.1. The second-order valence-corrected chi connectivity index (χ2v) is 15.5.